The number of fused-ring (bicyclic) bond motifs is 7. The molecule has 0 unspecified atom stereocenters. The lowest BCUT2D eigenvalue weighted by atomic mass is 9.76. The smallest absolute Gasteiger partial charge is 0.334 e. The first kappa shape index (κ1) is 16.6. The van der Waals surface area contributed by atoms with Crippen molar-refractivity contribution < 1.29 is 19.0 Å². The molecule has 4 rings (SSSR count). The molecule has 24 heavy (non-hydrogen) atoms. The minimum atomic E-state index is -0.252. The summed E-state index contributed by atoms with van der Waals surface area (Å²) in [4.78, 5) is 12.1. The molecule has 4 saturated heterocycles. The van der Waals surface area contributed by atoms with Crippen LogP contribution < -0.4 is 0 Å². The number of hydrogen-bond donors (Lipinski definition) is 0. The molecule has 4 bridgehead atoms. The Bertz CT molecular complexity index is 544. The molecule has 4 heteroatoms. The van der Waals surface area contributed by atoms with Gasteiger partial charge in [-0.05, 0) is 50.9 Å². The Labute approximate surface area is 144 Å². The average molecular weight is 334 g/mol. The highest BCUT2D eigenvalue weighted by Gasteiger charge is 2.55. The molecule has 0 aromatic heterocycles. The Morgan fingerprint density at radius 2 is 1.88 bits per heavy atom. The van der Waals surface area contributed by atoms with Crippen molar-refractivity contribution in [2.24, 2.45) is 17.8 Å². The Kier molecular flexibility index (Phi) is 4.04. The molecule has 4 fully saturated rings. The Morgan fingerprint density at radius 1 is 1.12 bits per heavy atom. The van der Waals surface area contributed by atoms with E-state index in [1.165, 1.54) is 12.8 Å². The summed E-state index contributed by atoms with van der Waals surface area (Å²) < 4.78 is 18.8. The molecule has 0 N–H and O–H groups in total. The van der Waals surface area contributed by atoms with Crippen LogP contribution in [0.15, 0.2) is 12.2 Å². The van der Waals surface area contributed by atoms with Crippen LogP contribution in [0.1, 0.15) is 59.3 Å². The highest BCUT2D eigenvalue weighted by atomic mass is 16.6. The van der Waals surface area contributed by atoms with Gasteiger partial charge in [0.2, 0.25) is 0 Å². The fraction of sp³-hybridized carbons (Fsp3) is 0.850. The number of carbonyl (C=O) groups is 1. The second kappa shape index (κ2) is 5.84. The van der Waals surface area contributed by atoms with Crippen molar-refractivity contribution in [1.82, 2.24) is 0 Å². The predicted molar refractivity (Wildman–Crippen MR) is 90.5 cm³/mol. The quantitative estimate of drug-likeness (QED) is 0.501. The molecule has 0 radical (unpaired) electrons. The summed E-state index contributed by atoms with van der Waals surface area (Å²) in [5.74, 6) is 0.833. The Hall–Kier alpha value is -0.870. The lowest BCUT2D eigenvalue weighted by molar-refractivity contribution is -0.216. The molecule has 0 aromatic carbocycles. The normalized spacial score (nSPS) is 51.7. The summed E-state index contributed by atoms with van der Waals surface area (Å²) in [6.45, 7) is 10.8. The van der Waals surface area contributed by atoms with E-state index in [-0.39, 0.29) is 35.8 Å². The highest BCUT2D eigenvalue weighted by molar-refractivity contribution is 5.91. The van der Waals surface area contributed by atoms with Crippen molar-refractivity contribution in [3.63, 3.8) is 0 Å². The highest BCUT2D eigenvalue weighted by Crippen LogP contribution is 2.48. The Balaban J connectivity index is 1.67. The second-order valence-electron chi connectivity index (χ2n) is 8.72. The number of ether oxygens (including phenoxy) is 3. The average Bonchev–Trinajstić information content (AvgIpc) is 3.08. The summed E-state index contributed by atoms with van der Waals surface area (Å²) in [7, 11) is 0. The van der Waals surface area contributed by atoms with Gasteiger partial charge < -0.3 is 14.2 Å². The van der Waals surface area contributed by atoms with Gasteiger partial charge in [0, 0.05) is 11.5 Å². The minimum Gasteiger partial charge on any atom is -0.456 e. The van der Waals surface area contributed by atoms with Gasteiger partial charge in [0.1, 0.15) is 6.10 Å². The van der Waals surface area contributed by atoms with Gasteiger partial charge in [0.05, 0.1) is 23.9 Å². The van der Waals surface area contributed by atoms with Crippen LogP contribution >= 0.6 is 0 Å². The van der Waals surface area contributed by atoms with Crippen LogP contribution in [0.25, 0.3) is 0 Å². The molecule has 4 nitrogen and oxygen atoms in total. The van der Waals surface area contributed by atoms with Gasteiger partial charge in [0.15, 0.2) is 0 Å². The lowest BCUT2D eigenvalue weighted by Crippen LogP contribution is -2.54. The van der Waals surface area contributed by atoms with Gasteiger partial charge in [-0.25, -0.2) is 4.79 Å². The molecule has 0 spiro atoms. The molecule has 0 aromatic rings. The van der Waals surface area contributed by atoms with E-state index in [1.54, 1.807) is 0 Å². The first-order chi connectivity index (χ1) is 11.4. The lowest BCUT2D eigenvalue weighted by Gasteiger charge is -2.45. The van der Waals surface area contributed by atoms with E-state index in [9.17, 15) is 4.79 Å². The van der Waals surface area contributed by atoms with Crippen LogP contribution in [0.5, 0.6) is 0 Å². The zero-order chi connectivity index (χ0) is 17.1. The van der Waals surface area contributed by atoms with Crippen LogP contribution in [-0.2, 0) is 19.0 Å². The maximum absolute atomic E-state index is 12.1. The molecule has 134 valence electrons. The number of hydrogen-bond acceptors (Lipinski definition) is 4. The summed E-state index contributed by atoms with van der Waals surface area (Å²) >= 11 is 0. The van der Waals surface area contributed by atoms with Crippen LogP contribution in [0.4, 0.5) is 0 Å². The number of carbonyl (C=O) groups excluding carboxylic acids is 1. The van der Waals surface area contributed by atoms with Crippen molar-refractivity contribution >= 4 is 5.97 Å². The number of esters is 1. The van der Waals surface area contributed by atoms with Gasteiger partial charge in [-0.15, -0.1) is 0 Å². The maximum Gasteiger partial charge on any atom is 0.334 e. The van der Waals surface area contributed by atoms with Gasteiger partial charge in [-0.1, -0.05) is 26.8 Å². The standard InChI is InChI=1S/C20H30O4/c1-11-6-5-7-12(2)17-18-14(13(3)19(21)23-18)10-16(22-17)20(4)9-8-15(11)24-20/h11-12,14-18H,3,5-10H2,1-2,4H3/t11-,12-,14+,15+,16+,17+,18-,20-/m1/s1. The van der Waals surface area contributed by atoms with E-state index in [0.29, 0.717) is 23.5 Å². The van der Waals surface area contributed by atoms with Crippen LogP contribution in [0.3, 0.4) is 0 Å². The molecule has 4 aliphatic rings. The number of rotatable bonds is 0. The van der Waals surface area contributed by atoms with Crippen LogP contribution in [0, 0.1) is 17.8 Å². The summed E-state index contributed by atoms with van der Waals surface area (Å²) in [6.07, 6.45) is 6.59. The second-order valence-corrected chi connectivity index (χ2v) is 8.72. The van der Waals surface area contributed by atoms with E-state index < -0.39 is 0 Å². The van der Waals surface area contributed by atoms with Gasteiger partial charge in [0.25, 0.3) is 0 Å². The first-order valence-electron chi connectivity index (χ1n) is 9.62. The summed E-state index contributed by atoms with van der Waals surface area (Å²) in [6, 6.07) is 0. The van der Waals surface area contributed by atoms with Crippen molar-refractivity contribution in [1.29, 1.82) is 0 Å². The third kappa shape index (κ3) is 2.53. The van der Waals surface area contributed by atoms with E-state index in [2.05, 4.69) is 27.4 Å². The van der Waals surface area contributed by atoms with Crippen molar-refractivity contribution in [2.75, 3.05) is 0 Å². The van der Waals surface area contributed by atoms with Crippen molar-refractivity contribution in [2.45, 2.75) is 89.3 Å². The van der Waals surface area contributed by atoms with E-state index in [1.807, 2.05) is 0 Å². The zero-order valence-electron chi connectivity index (χ0n) is 15.1. The van der Waals surface area contributed by atoms with Crippen molar-refractivity contribution in [3.8, 4) is 0 Å². The summed E-state index contributed by atoms with van der Waals surface area (Å²) in [5, 5.41) is 0. The third-order valence-electron chi connectivity index (χ3n) is 7.00. The van der Waals surface area contributed by atoms with E-state index in [0.717, 1.165) is 25.7 Å². The van der Waals surface area contributed by atoms with Gasteiger partial charge >= 0.3 is 5.97 Å². The molecule has 0 aliphatic carbocycles. The topological polar surface area (TPSA) is 44.8 Å². The monoisotopic (exact) mass is 334 g/mol. The zero-order valence-corrected chi connectivity index (χ0v) is 15.1. The van der Waals surface area contributed by atoms with Gasteiger partial charge in [-0.3, -0.25) is 0 Å². The first-order valence-corrected chi connectivity index (χ1v) is 9.62. The van der Waals surface area contributed by atoms with E-state index >= 15 is 0 Å². The molecule has 0 saturated carbocycles. The van der Waals surface area contributed by atoms with E-state index in [4.69, 9.17) is 14.2 Å². The third-order valence-corrected chi connectivity index (χ3v) is 7.00. The molecule has 4 aliphatic heterocycles. The predicted octanol–water partition coefficient (Wildman–Crippen LogP) is 3.64. The largest absolute Gasteiger partial charge is 0.456 e. The van der Waals surface area contributed by atoms with Crippen molar-refractivity contribution in [3.05, 3.63) is 12.2 Å². The summed E-state index contributed by atoms with van der Waals surface area (Å²) in [5.41, 5.74) is 0.380. The van der Waals surface area contributed by atoms with Crippen LogP contribution in [-0.4, -0.2) is 36.0 Å². The Morgan fingerprint density at radius 3 is 2.67 bits per heavy atom. The van der Waals surface area contributed by atoms with Gasteiger partial charge in [-0.2, -0.15) is 0 Å². The minimum absolute atomic E-state index is 0.0211. The SMILES string of the molecule is C=C1C(=O)O[C@H]2[C@H]3O[C@@H](C[C@@H]12)[C@@]1(C)CC[C@H](O1)[C@H](C)CCC[C@H]3C. The fourth-order valence-electron chi connectivity index (χ4n) is 5.25. The maximum atomic E-state index is 12.1. The molecule has 8 atom stereocenters. The van der Waals surface area contributed by atoms with Crippen LogP contribution in [0.2, 0.25) is 0 Å². The molecule has 0 amide bonds. The molecular weight excluding hydrogens is 304 g/mol. The fourth-order valence-corrected chi connectivity index (χ4v) is 5.25. The molecular formula is C20H30O4. The molecule has 4 heterocycles.